The molecule has 0 bridgehead atoms. The molecule has 2 atom stereocenters. The highest BCUT2D eigenvalue weighted by Gasteiger charge is 2.44. The number of hydrogen-bond acceptors (Lipinski definition) is 3. The van der Waals surface area contributed by atoms with Crippen molar-refractivity contribution in [2.75, 3.05) is 6.54 Å². The molecule has 0 spiro atoms. The zero-order valence-corrected chi connectivity index (χ0v) is 12.4. The predicted molar refractivity (Wildman–Crippen MR) is 75.7 cm³/mol. The molecule has 2 aliphatic rings. The van der Waals surface area contributed by atoms with E-state index in [0.717, 1.165) is 11.1 Å². The maximum Gasteiger partial charge on any atom is 0.243 e. The maximum atomic E-state index is 12.7. The molecule has 3 rings (SSSR count). The van der Waals surface area contributed by atoms with Crippen molar-refractivity contribution in [3.05, 3.63) is 41.5 Å². The van der Waals surface area contributed by atoms with Crippen LogP contribution in [0.5, 0.6) is 0 Å². The van der Waals surface area contributed by atoms with Gasteiger partial charge < -0.3 is 0 Å². The molecule has 0 amide bonds. The molecule has 4 nitrogen and oxygen atoms in total. The first-order valence-corrected chi connectivity index (χ1v) is 8.16. The van der Waals surface area contributed by atoms with E-state index < -0.39 is 10.0 Å². The van der Waals surface area contributed by atoms with Crippen LogP contribution in [0, 0.1) is 12.8 Å². The summed E-state index contributed by atoms with van der Waals surface area (Å²) in [4.78, 5) is 11.7. The largest absolute Gasteiger partial charge is 0.295 e. The van der Waals surface area contributed by atoms with Crippen molar-refractivity contribution < 1.29 is 13.2 Å². The first-order chi connectivity index (χ1) is 9.39. The van der Waals surface area contributed by atoms with Crippen molar-refractivity contribution in [3.8, 4) is 0 Å². The molecule has 1 aliphatic heterocycles. The van der Waals surface area contributed by atoms with Gasteiger partial charge in [-0.1, -0.05) is 17.7 Å². The van der Waals surface area contributed by atoms with Crippen LogP contribution in [0.15, 0.2) is 40.8 Å². The van der Waals surface area contributed by atoms with E-state index in [1.165, 1.54) is 4.31 Å². The summed E-state index contributed by atoms with van der Waals surface area (Å²) in [5.74, 6) is 0.182. The second-order valence-corrected chi connectivity index (χ2v) is 7.47. The third-order valence-electron chi connectivity index (χ3n) is 4.19. The van der Waals surface area contributed by atoms with E-state index >= 15 is 0 Å². The number of fused-ring (bicyclic) bond motifs is 1. The second-order valence-electron chi connectivity index (χ2n) is 5.58. The Labute approximate surface area is 119 Å². The van der Waals surface area contributed by atoms with Crippen molar-refractivity contribution >= 4 is 15.8 Å². The molecule has 1 saturated heterocycles. The highest BCUT2D eigenvalue weighted by molar-refractivity contribution is 7.89. The van der Waals surface area contributed by atoms with Gasteiger partial charge in [0.2, 0.25) is 10.0 Å². The fourth-order valence-corrected chi connectivity index (χ4v) is 4.71. The number of allylic oxidation sites excluding steroid dienone is 1. The highest BCUT2D eigenvalue weighted by Crippen LogP contribution is 2.38. The number of ketones is 1. The van der Waals surface area contributed by atoms with E-state index in [1.807, 2.05) is 13.8 Å². The van der Waals surface area contributed by atoms with Crippen LogP contribution >= 0.6 is 0 Å². The van der Waals surface area contributed by atoms with Gasteiger partial charge in [0.05, 0.1) is 4.90 Å². The van der Waals surface area contributed by atoms with Gasteiger partial charge in [0.25, 0.3) is 0 Å². The molecular weight excluding hydrogens is 274 g/mol. The van der Waals surface area contributed by atoms with Gasteiger partial charge in [-0.15, -0.1) is 0 Å². The van der Waals surface area contributed by atoms with E-state index in [4.69, 9.17) is 0 Å². The van der Waals surface area contributed by atoms with Gasteiger partial charge >= 0.3 is 0 Å². The van der Waals surface area contributed by atoms with E-state index in [2.05, 4.69) is 0 Å². The number of benzene rings is 1. The Kier molecular flexibility index (Phi) is 3.06. The lowest BCUT2D eigenvalue weighted by Crippen LogP contribution is -2.34. The number of aryl methyl sites for hydroxylation is 1. The average Bonchev–Trinajstić information content (AvgIpc) is 2.89. The summed E-state index contributed by atoms with van der Waals surface area (Å²) in [6.45, 7) is 4.20. The normalized spacial score (nSPS) is 26.7. The second kappa shape index (κ2) is 4.53. The van der Waals surface area contributed by atoms with Crippen LogP contribution in [0.1, 0.15) is 18.9 Å². The van der Waals surface area contributed by atoms with Crippen LogP contribution in [-0.4, -0.2) is 31.1 Å². The van der Waals surface area contributed by atoms with Crippen LogP contribution in [0.4, 0.5) is 0 Å². The van der Waals surface area contributed by atoms with E-state index in [9.17, 15) is 13.2 Å². The number of nitrogens with zero attached hydrogens (tertiary/aromatic N) is 1. The maximum absolute atomic E-state index is 12.7. The van der Waals surface area contributed by atoms with E-state index in [-0.39, 0.29) is 17.7 Å². The fourth-order valence-electron chi connectivity index (χ4n) is 3.05. The number of rotatable bonds is 2. The zero-order valence-electron chi connectivity index (χ0n) is 11.5. The molecule has 0 radical (unpaired) electrons. The lowest BCUT2D eigenvalue weighted by molar-refractivity contribution is -0.114. The molecule has 106 valence electrons. The Morgan fingerprint density at radius 1 is 1.20 bits per heavy atom. The molecule has 0 N–H and O–H groups in total. The van der Waals surface area contributed by atoms with E-state index in [1.54, 1.807) is 30.3 Å². The molecule has 1 fully saturated rings. The van der Waals surface area contributed by atoms with Crippen LogP contribution < -0.4 is 0 Å². The smallest absolute Gasteiger partial charge is 0.243 e. The number of carbonyl (C=O) groups excluding carboxylic acids is 1. The number of sulfonamides is 1. The topological polar surface area (TPSA) is 54.5 Å². The zero-order chi connectivity index (χ0) is 14.5. The van der Waals surface area contributed by atoms with Crippen molar-refractivity contribution in [2.45, 2.75) is 31.2 Å². The van der Waals surface area contributed by atoms with Gasteiger partial charge in [-0.05, 0) is 37.6 Å². The Morgan fingerprint density at radius 2 is 1.85 bits per heavy atom. The summed E-state index contributed by atoms with van der Waals surface area (Å²) in [5.41, 5.74) is 1.99. The van der Waals surface area contributed by atoms with Gasteiger partial charge in [-0.3, -0.25) is 4.79 Å². The lowest BCUT2D eigenvalue weighted by atomic mass is 10.0. The number of hydrogen-bond donors (Lipinski definition) is 0. The standard InChI is InChI=1S/C15H17NO3S/c1-10-3-5-14(6-4-10)20(18,19)16-9-12-7-13(17)8-15(12)11(16)2/h3-6,8,11-12H,7,9H2,1-2H3/t11-,12-/m0/s1. The molecule has 20 heavy (non-hydrogen) atoms. The first-order valence-electron chi connectivity index (χ1n) is 6.72. The molecule has 1 heterocycles. The van der Waals surface area contributed by atoms with Gasteiger partial charge in [0.1, 0.15) is 0 Å². The van der Waals surface area contributed by atoms with Gasteiger partial charge in [0.15, 0.2) is 5.78 Å². The molecule has 0 unspecified atom stereocenters. The van der Waals surface area contributed by atoms with Gasteiger partial charge in [-0.2, -0.15) is 4.31 Å². The van der Waals surface area contributed by atoms with Crippen LogP contribution in [-0.2, 0) is 14.8 Å². The summed E-state index contributed by atoms with van der Waals surface area (Å²) in [6, 6.07) is 6.67. The fraction of sp³-hybridized carbons (Fsp3) is 0.400. The van der Waals surface area contributed by atoms with Gasteiger partial charge in [0, 0.05) is 24.9 Å². The van der Waals surface area contributed by atoms with Crippen LogP contribution in [0.25, 0.3) is 0 Å². The lowest BCUT2D eigenvalue weighted by Gasteiger charge is -2.21. The Morgan fingerprint density at radius 3 is 2.45 bits per heavy atom. The Bertz CT molecular complexity index is 688. The van der Waals surface area contributed by atoms with Crippen molar-refractivity contribution in [2.24, 2.45) is 5.92 Å². The highest BCUT2D eigenvalue weighted by atomic mass is 32.2. The third kappa shape index (κ3) is 2.01. The van der Waals surface area contributed by atoms with Crippen molar-refractivity contribution in [1.82, 2.24) is 4.31 Å². The molecule has 0 aromatic heterocycles. The molecule has 1 aromatic rings. The minimum atomic E-state index is -3.48. The summed E-state index contributed by atoms with van der Waals surface area (Å²) in [6.07, 6.45) is 2.07. The molecule has 1 aliphatic carbocycles. The number of carbonyl (C=O) groups is 1. The molecule has 1 aromatic carbocycles. The van der Waals surface area contributed by atoms with Gasteiger partial charge in [-0.25, -0.2) is 8.42 Å². The molecule has 0 saturated carbocycles. The Hall–Kier alpha value is -1.46. The first kappa shape index (κ1) is 13.5. The minimum absolute atomic E-state index is 0.0673. The monoisotopic (exact) mass is 291 g/mol. The minimum Gasteiger partial charge on any atom is -0.295 e. The SMILES string of the molecule is Cc1ccc(S(=O)(=O)N2C[C@@H]3CC(=O)C=C3[C@@H]2C)cc1. The average molecular weight is 291 g/mol. The van der Waals surface area contributed by atoms with Crippen molar-refractivity contribution in [3.63, 3.8) is 0 Å². The Balaban J connectivity index is 1.95. The van der Waals surface area contributed by atoms with Crippen LogP contribution in [0.2, 0.25) is 0 Å². The van der Waals surface area contributed by atoms with Crippen molar-refractivity contribution in [1.29, 1.82) is 0 Å². The predicted octanol–water partition coefficient (Wildman–Crippen LogP) is 1.90. The summed E-state index contributed by atoms with van der Waals surface area (Å²) < 4.78 is 26.9. The molecular formula is C15H17NO3S. The summed E-state index contributed by atoms with van der Waals surface area (Å²) >= 11 is 0. The van der Waals surface area contributed by atoms with E-state index in [0.29, 0.717) is 17.9 Å². The summed E-state index contributed by atoms with van der Waals surface area (Å²) in [5, 5.41) is 0. The van der Waals surface area contributed by atoms with Crippen LogP contribution in [0.3, 0.4) is 0 Å². The quantitative estimate of drug-likeness (QED) is 0.836. The molecule has 5 heteroatoms. The summed E-state index contributed by atoms with van der Waals surface area (Å²) in [7, 11) is -3.48. The third-order valence-corrected chi connectivity index (χ3v) is 6.14.